The topological polar surface area (TPSA) is 6.48 Å². The Hall–Kier alpha value is -16.5. The van der Waals surface area contributed by atoms with Crippen molar-refractivity contribution >= 4 is 77.2 Å². The molecule has 2 heteroatoms. The van der Waals surface area contributed by atoms with E-state index in [9.17, 15) is 0 Å². The first kappa shape index (κ1) is 72.8. The van der Waals surface area contributed by atoms with Crippen LogP contribution in [0.25, 0.3) is 121 Å². The normalized spacial score (nSPS) is 14.2. The van der Waals surface area contributed by atoms with Crippen molar-refractivity contribution in [2.75, 3.05) is 9.80 Å². The number of nitrogens with zero attached hydrogens (tertiary/aromatic N) is 2. The molecule has 0 aromatic heterocycles. The van der Waals surface area contributed by atoms with E-state index in [0.717, 1.165) is 34.1 Å². The van der Waals surface area contributed by atoms with E-state index in [1.165, 1.54) is 210 Å². The monoisotopic (exact) mass is 1640 g/mol. The van der Waals surface area contributed by atoms with Crippen LogP contribution in [0.4, 0.5) is 34.1 Å². The Morgan fingerprint density at radius 3 is 0.831 bits per heavy atom. The molecule has 130 heavy (non-hydrogen) atoms. The molecule has 22 aromatic carbocycles. The lowest BCUT2D eigenvalue weighted by Gasteiger charge is -2.34. The second-order valence-corrected chi connectivity index (χ2v) is 36.2. The van der Waals surface area contributed by atoms with Gasteiger partial charge in [0.15, 0.2) is 0 Å². The highest BCUT2D eigenvalue weighted by atomic mass is 15.1. The molecular weight excluding hydrogens is 1570 g/mol. The van der Waals surface area contributed by atoms with Gasteiger partial charge in [-0.05, 0) is 295 Å². The van der Waals surface area contributed by atoms with E-state index in [1.807, 2.05) is 0 Å². The highest BCUT2D eigenvalue weighted by Gasteiger charge is 2.55. The van der Waals surface area contributed by atoms with Gasteiger partial charge in [-0.1, -0.05) is 400 Å². The number of benzene rings is 22. The predicted octanol–water partition coefficient (Wildman–Crippen LogP) is 32.3. The summed E-state index contributed by atoms with van der Waals surface area (Å²) in [6, 6.07) is 185. The summed E-state index contributed by atoms with van der Waals surface area (Å²) >= 11 is 0. The van der Waals surface area contributed by atoms with Crippen LogP contribution < -0.4 is 9.80 Å². The Morgan fingerprint density at radius 2 is 0.377 bits per heavy atom. The Balaban J connectivity index is 0.600. The standard InChI is InChI=1S/C128H80N2/c1-5-30-87(31-6-1)125(88-32-7-2-8-33-88)113-46-22-20-44-105(113)111-77-93(64-71-120(111)125)129(95-62-68-107-104-43-19-28-52-119(104)127(123(107)79-95)115-48-24-15-39-100(115)101-40-16-25-49-116(101)127)91-61-67-99-86(74-91)56-55-85-73-83(58-66-98(85)99)84-59-70-122-110(75-84)108-69-63-96(80-124(108)128(122)117-50-26-17-41-102(117)103-42-18-27-51-118(103)128)130(92-60-57-82-54-53-81-29-13-14-38-97(81)109(82)76-92)94-65-72-121-112(78-94)106-45-21-23-47-114(106)126(121,89-34-9-3-10-35-89)90-36-11-4-12-37-90/h1-80H. The molecule has 0 N–H and O–H groups in total. The number of rotatable bonds is 11. The number of anilines is 6. The molecule has 6 aliphatic rings. The molecule has 0 aliphatic heterocycles. The fraction of sp³-hybridized carbons (Fsp3) is 0.0312. The minimum absolute atomic E-state index is 0.532. The van der Waals surface area contributed by atoms with E-state index in [2.05, 4.69) is 495 Å². The van der Waals surface area contributed by atoms with Crippen LogP contribution in [0, 0.1) is 0 Å². The quantitative estimate of drug-likeness (QED) is 0.119. The smallest absolute Gasteiger partial charge is 0.0726 e. The fourth-order valence-electron chi connectivity index (χ4n) is 25.2. The van der Waals surface area contributed by atoms with Crippen molar-refractivity contribution in [3.05, 3.63) is 574 Å². The van der Waals surface area contributed by atoms with Crippen LogP contribution in [-0.4, -0.2) is 0 Å². The molecule has 0 heterocycles. The summed E-state index contributed by atoms with van der Waals surface area (Å²) in [5, 5.41) is 9.66. The molecule has 602 valence electrons. The minimum Gasteiger partial charge on any atom is -0.310 e. The van der Waals surface area contributed by atoms with Gasteiger partial charge in [-0.25, -0.2) is 0 Å². The van der Waals surface area contributed by atoms with Crippen molar-refractivity contribution < 1.29 is 0 Å². The van der Waals surface area contributed by atoms with Gasteiger partial charge in [-0.2, -0.15) is 0 Å². The molecule has 0 saturated heterocycles. The van der Waals surface area contributed by atoms with E-state index in [-0.39, 0.29) is 0 Å². The van der Waals surface area contributed by atoms with Crippen molar-refractivity contribution in [1.82, 2.24) is 0 Å². The van der Waals surface area contributed by atoms with E-state index < -0.39 is 21.7 Å². The fourth-order valence-corrected chi connectivity index (χ4v) is 25.2. The lowest BCUT2D eigenvalue weighted by Crippen LogP contribution is -2.28. The first-order chi connectivity index (χ1) is 64.4. The maximum atomic E-state index is 2.56. The molecule has 0 saturated carbocycles. The number of hydrogen-bond acceptors (Lipinski definition) is 2. The van der Waals surface area contributed by atoms with Gasteiger partial charge in [0.2, 0.25) is 0 Å². The molecular formula is C128H80N2. The van der Waals surface area contributed by atoms with E-state index in [1.54, 1.807) is 0 Å². The zero-order valence-corrected chi connectivity index (χ0v) is 71.1. The Morgan fingerprint density at radius 1 is 0.123 bits per heavy atom. The summed E-state index contributed by atoms with van der Waals surface area (Å²) < 4.78 is 0. The van der Waals surface area contributed by atoms with Crippen molar-refractivity contribution in [2.24, 2.45) is 0 Å². The SMILES string of the molecule is c1ccc(C2(c3ccccc3)c3ccccc3-c3cc(N(c4ccc5c(c4)C4(c6ccccc6-c6ccccc64)c4ccccc4-5)c4ccc5c(ccc6cc(-c7ccc8c(c7)-c7ccc(N(c9ccc%10c(c9)-c9ccccc9C%10(c9ccccc9)c9ccccc9)c9ccc%10ccc%11ccccc%11c%10c9)cc7C87c8ccccc8-c8ccccc87)ccc65)c4)ccc32)cc1. The largest absolute Gasteiger partial charge is 0.310 e. The van der Waals surface area contributed by atoms with Crippen LogP contribution >= 0.6 is 0 Å². The zero-order valence-electron chi connectivity index (χ0n) is 71.1. The molecule has 0 atom stereocenters. The summed E-state index contributed by atoms with van der Waals surface area (Å²) in [6.07, 6.45) is 0. The Kier molecular flexibility index (Phi) is 15.4. The van der Waals surface area contributed by atoms with Crippen LogP contribution in [0.5, 0.6) is 0 Å². The zero-order chi connectivity index (χ0) is 85.1. The first-order valence-corrected chi connectivity index (χ1v) is 45.6. The van der Waals surface area contributed by atoms with Gasteiger partial charge in [0.25, 0.3) is 0 Å². The average molecular weight is 1650 g/mol. The van der Waals surface area contributed by atoms with Gasteiger partial charge in [0.05, 0.1) is 21.7 Å². The molecule has 2 spiro atoms. The Bertz CT molecular complexity index is 8380. The maximum absolute atomic E-state index is 2.56. The van der Waals surface area contributed by atoms with Gasteiger partial charge in [0, 0.05) is 34.1 Å². The molecule has 22 aromatic rings. The number of fused-ring (bicyclic) bond motifs is 32. The van der Waals surface area contributed by atoms with Crippen molar-refractivity contribution in [1.29, 1.82) is 0 Å². The summed E-state index contributed by atoms with van der Waals surface area (Å²) in [5.41, 5.74) is 42.3. The predicted molar refractivity (Wildman–Crippen MR) is 538 cm³/mol. The molecule has 0 bridgehead atoms. The average Bonchev–Trinajstić information content (AvgIpc) is 2.39. The van der Waals surface area contributed by atoms with Gasteiger partial charge in [-0.3, -0.25) is 0 Å². The first-order valence-electron chi connectivity index (χ1n) is 45.6. The van der Waals surface area contributed by atoms with Crippen LogP contribution in [-0.2, 0) is 21.7 Å². The molecule has 0 unspecified atom stereocenters. The van der Waals surface area contributed by atoms with E-state index >= 15 is 0 Å². The van der Waals surface area contributed by atoms with Gasteiger partial charge in [-0.15, -0.1) is 0 Å². The lowest BCUT2D eigenvalue weighted by atomic mass is 9.68. The highest BCUT2D eigenvalue weighted by molar-refractivity contribution is 6.12. The van der Waals surface area contributed by atoms with Gasteiger partial charge in [0.1, 0.15) is 0 Å². The molecule has 0 fully saturated rings. The van der Waals surface area contributed by atoms with Crippen LogP contribution in [0.2, 0.25) is 0 Å². The highest BCUT2D eigenvalue weighted by Crippen LogP contribution is 2.68. The number of hydrogen-bond donors (Lipinski definition) is 0. The lowest BCUT2D eigenvalue weighted by molar-refractivity contribution is 0.768. The van der Waals surface area contributed by atoms with Crippen molar-refractivity contribution in [3.63, 3.8) is 0 Å². The van der Waals surface area contributed by atoms with Crippen LogP contribution in [0.15, 0.2) is 485 Å². The van der Waals surface area contributed by atoms with Gasteiger partial charge < -0.3 is 9.80 Å². The third-order valence-corrected chi connectivity index (χ3v) is 30.4. The molecule has 0 amide bonds. The van der Waals surface area contributed by atoms with E-state index in [4.69, 9.17) is 0 Å². The van der Waals surface area contributed by atoms with Crippen LogP contribution in [0.3, 0.4) is 0 Å². The van der Waals surface area contributed by atoms with Crippen LogP contribution in [0.1, 0.15) is 89.0 Å². The third-order valence-electron chi connectivity index (χ3n) is 30.4. The second-order valence-electron chi connectivity index (χ2n) is 36.2. The minimum atomic E-state index is -0.637. The Labute approximate surface area is 755 Å². The molecule has 2 nitrogen and oxygen atoms in total. The van der Waals surface area contributed by atoms with Crippen molar-refractivity contribution in [3.8, 4) is 77.9 Å². The summed E-state index contributed by atoms with van der Waals surface area (Å²) in [4.78, 5) is 5.09. The molecule has 28 rings (SSSR count). The molecule has 6 aliphatic carbocycles. The van der Waals surface area contributed by atoms with E-state index in [0.29, 0.717) is 0 Å². The summed E-state index contributed by atoms with van der Waals surface area (Å²) in [7, 11) is 0. The second kappa shape index (κ2) is 27.5. The third kappa shape index (κ3) is 9.76. The van der Waals surface area contributed by atoms with Crippen molar-refractivity contribution in [2.45, 2.75) is 21.7 Å². The summed E-state index contributed by atoms with van der Waals surface area (Å²) in [6.45, 7) is 0. The molecule has 0 radical (unpaired) electrons. The van der Waals surface area contributed by atoms with Gasteiger partial charge >= 0.3 is 0 Å². The maximum Gasteiger partial charge on any atom is 0.0726 e. The summed E-state index contributed by atoms with van der Waals surface area (Å²) in [5.74, 6) is 0.